The molecule has 0 spiro atoms. The number of hydrogen-bond acceptors (Lipinski definition) is 4. The molecule has 3 rings (SSSR count). The minimum atomic E-state index is -0.0786. The van der Waals surface area contributed by atoms with Gasteiger partial charge in [0, 0.05) is 30.2 Å². The van der Waals surface area contributed by atoms with Gasteiger partial charge in [-0.1, -0.05) is 0 Å². The van der Waals surface area contributed by atoms with Crippen LogP contribution >= 0.6 is 0 Å². The number of carbonyl (C=O) groups is 1. The van der Waals surface area contributed by atoms with Crippen molar-refractivity contribution in [2.24, 2.45) is 7.05 Å². The summed E-state index contributed by atoms with van der Waals surface area (Å²) in [7, 11) is 1.86. The number of anilines is 1. The third-order valence-corrected chi connectivity index (χ3v) is 3.28. The van der Waals surface area contributed by atoms with Gasteiger partial charge >= 0.3 is 0 Å². The predicted molar refractivity (Wildman–Crippen MR) is 82.1 cm³/mol. The fourth-order valence-electron chi connectivity index (χ4n) is 2.10. The van der Waals surface area contributed by atoms with Crippen LogP contribution in [0.1, 0.15) is 11.5 Å². The van der Waals surface area contributed by atoms with Gasteiger partial charge in [-0.05, 0) is 31.2 Å². The Morgan fingerprint density at radius 1 is 1.32 bits per heavy atom. The molecule has 0 atom stereocenters. The molecule has 0 radical (unpaired) electrons. The van der Waals surface area contributed by atoms with Gasteiger partial charge < -0.3 is 9.88 Å². The Balaban J connectivity index is 1.66. The molecule has 7 heteroatoms. The number of amides is 1. The van der Waals surface area contributed by atoms with Crippen molar-refractivity contribution in [3.8, 4) is 11.4 Å². The monoisotopic (exact) mass is 296 g/mol. The van der Waals surface area contributed by atoms with Gasteiger partial charge in [-0.2, -0.15) is 5.10 Å². The molecule has 7 nitrogen and oxygen atoms in total. The molecular weight excluding hydrogens is 280 g/mol. The average molecular weight is 296 g/mol. The summed E-state index contributed by atoms with van der Waals surface area (Å²) in [4.78, 5) is 20.3. The molecule has 0 unspecified atom stereocenters. The highest BCUT2D eigenvalue weighted by molar-refractivity contribution is 5.92. The highest BCUT2D eigenvalue weighted by Crippen LogP contribution is 2.18. The first kappa shape index (κ1) is 14.0. The van der Waals surface area contributed by atoms with E-state index in [1.807, 2.05) is 42.8 Å². The maximum atomic E-state index is 12.0. The van der Waals surface area contributed by atoms with Crippen molar-refractivity contribution in [3.05, 3.63) is 48.3 Å². The molecule has 112 valence electrons. The van der Waals surface area contributed by atoms with Gasteiger partial charge in [-0.3, -0.25) is 9.89 Å². The molecule has 2 aromatic heterocycles. The molecule has 0 aliphatic rings. The summed E-state index contributed by atoms with van der Waals surface area (Å²) in [6.07, 6.45) is 3.66. The Hall–Kier alpha value is -2.96. The number of carbonyl (C=O) groups excluding carboxylic acids is 1. The zero-order chi connectivity index (χ0) is 15.5. The number of imidazole rings is 1. The smallest absolute Gasteiger partial charge is 0.230 e. The summed E-state index contributed by atoms with van der Waals surface area (Å²) in [5, 5.41) is 9.77. The van der Waals surface area contributed by atoms with Crippen LogP contribution in [0.3, 0.4) is 0 Å². The van der Waals surface area contributed by atoms with Crippen molar-refractivity contribution in [2.45, 2.75) is 13.3 Å². The molecule has 0 aliphatic carbocycles. The van der Waals surface area contributed by atoms with Crippen LogP contribution in [0.2, 0.25) is 0 Å². The minimum absolute atomic E-state index is 0.0786. The zero-order valence-corrected chi connectivity index (χ0v) is 12.4. The summed E-state index contributed by atoms with van der Waals surface area (Å²) in [5.41, 5.74) is 2.50. The van der Waals surface area contributed by atoms with E-state index in [9.17, 15) is 4.79 Å². The van der Waals surface area contributed by atoms with Gasteiger partial charge in [-0.25, -0.2) is 9.97 Å². The van der Waals surface area contributed by atoms with Crippen molar-refractivity contribution >= 4 is 11.6 Å². The Morgan fingerprint density at radius 2 is 2.09 bits per heavy atom. The molecule has 0 aliphatic heterocycles. The first-order chi connectivity index (χ1) is 10.6. The standard InChI is InChI=1S/C15H16N6O/c1-10-17-15(20-19-10)11-3-5-12(6-4-11)18-14(22)7-13-8-16-9-21(13)2/h3-6,8-9H,7H2,1-2H3,(H,18,22)(H,17,19,20). The van der Waals surface area contributed by atoms with Crippen LogP contribution in [-0.4, -0.2) is 30.6 Å². The average Bonchev–Trinajstić information content (AvgIpc) is 3.09. The van der Waals surface area contributed by atoms with Crippen LogP contribution in [0.15, 0.2) is 36.8 Å². The molecule has 2 N–H and O–H groups in total. The van der Waals surface area contributed by atoms with Crippen molar-refractivity contribution in [2.75, 3.05) is 5.32 Å². The zero-order valence-electron chi connectivity index (χ0n) is 12.4. The van der Waals surface area contributed by atoms with Gasteiger partial charge in [0.05, 0.1) is 12.7 Å². The number of hydrogen-bond donors (Lipinski definition) is 2. The lowest BCUT2D eigenvalue weighted by molar-refractivity contribution is -0.115. The quantitative estimate of drug-likeness (QED) is 0.767. The van der Waals surface area contributed by atoms with Crippen molar-refractivity contribution in [1.29, 1.82) is 0 Å². The number of rotatable bonds is 4. The number of aromatic amines is 1. The van der Waals surface area contributed by atoms with E-state index in [0.717, 1.165) is 22.8 Å². The molecule has 0 saturated heterocycles. The molecule has 3 aromatic rings. The molecule has 22 heavy (non-hydrogen) atoms. The molecule has 0 bridgehead atoms. The topological polar surface area (TPSA) is 88.5 Å². The Labute approximate surface area is 127 Å². The van der Waals surface area contributed by atoms with Crippen LogP contribution in [0.4, 0.5) is 5.69 Å². The Morgan fingerprint density at radius 3 is 2.68 bits per heavy atom. The number of aryl methyl sites for hydroxylation is 2. The minimum Gasteiger partial charge on any atom is -0.337 e. The molecule has 2 heterocycles. The van der Waals surface area contributed by atoms with Gasteiger partial charge in [0.15, 0.2) is 5.82 Å². The maximum Gasteiger partial charge on any atom is 0.230 e. The Kier molecular flexibility index (Phi) is 3.69. The lowest BCUT2D eigenvalue weighted by Crippen LogP contribution is -2.15. The first-order valence-corrected chi connectivity index (χ1v) is 6.86. The fraction of sp³-hybridized carbons (Fsp3) is 0.200. The van der Waals surface area contributed by atoms with Gasteiger partial charge in [-0.15, -0.1) is 0 Å². The van der Waals surface area contributed by atoms with Crippen molar-refractivity contribution < 1.29 is 4.79 Å². The SMILES string of the molecule is Cc1nc(-c2ccc(NC(=O)Cc3cncn3C)cc2)n[nH]1. The number of H-pyrrole nitrogens is 1. The van der Waals surface area contributed by atoms with Crippen LogP contribution in [0, 0.1) is 6.92 Å². The largest absolute Gasteiger partial charge is 0.337 e. The summed E-state index contributed by atoms with van der Waals surface area (Å²) < 4.78 is 1.83. The fourth-order valence-corrected chi connectivity index (χ4v) is 2.10. The summed E-state index contributed by atoms with van der Waals surface area (Å²) in [6, 6.07) is 7.43. The number of nitrogens with one attached hydrogen (secondary N) is 2. The lowest BCUT2D eigenvalue weighted by atomic mass is 10.2. The van der Waals surface area contributed by atoms with Crippen LogP contribution in [0.25, 0.3) is 11.4 Å². The predicted octanol–water partition coefficient (Wildman–Crippen LogP) is 1.69. The van der Waals surface area contributed by atoms with Gasteiger partial charge in [0.2, 0.25) is 5.91 Å². The highest BCUT2D eigenvalue weighted by atomic mass is 16.1. The van der Waals surface area contributed by atoms with E-state index in [2.05, 4.69) is 25.5 Å². The highest BCUT2D eigenvalue weighted by Gasteiger charge is 2.08. The molecular formula is C15H16N6O. The number of benzene rings is 1. The van der Waals surface area contributed by atoms with E-state index >= 15 is 0 Å². The second-order valence-corrected chi connectivity index (χ2v) is 5.04. The second-order valence-electron chi connectivity index (χ2n) is 5.04. The molecule has 1 amide bonds. The number of aromatic nitrogens is 5. The first-order valence-electron chi connectivity index (χ1n) is 6.86. The molecule has 0 fully saturated rings. The Bertz CT molecular complexity index is 786. The van der Waals surface area contributed by atoms with E-state index in [1.165, 1.54) is 0 Å². The van der Waals surface area contributed by atoms with E-state index in [0.29, 0.717) is 12.2 Å². The third kappa shape index (κ3) is 3.03. The summed E-state index contributed by atoms with van der Waals surface area (Å²) >= 11 is 0. The van der Waals surface area contributed by atoms with E-state index in [1.54, 1.807) is 12.5 Å². The van der Waals surface area contributed by atoms with Crippen LogP contribution in [-0.2, 0) is 18.3 Å². The van der Waals surface area contributed by atoms with Crippen LogP contribution in [0.5, 0.6) is 0 Å². The second kappa shape index (κ2) is 5.80. The molecule has 0 saturated carbocycles. The normalized spacial score (nSPS) is 10.6. The van der Waals surface area contributed by atoms with Gasteiger partial charge in [0.1, 0.15) is 5.82 Å². The van der Waals surface area contributed by atoms with Crippen molar-refractivity contribution in [1.82, 2.24) is 24.7 Å². The maximum absolute atomic E-state index is 12.0. The van der Waals surface area contributed by atoms with Crippen LogP contribution < -0.4 is 5.32 Å². The summed E-state index contributed by atoms with van der Waals surface area (Å²) in [6.45, 7) is 1.85. The lowest BCUT2D eigenvalue weighted by Gasteiger charge is -2.06. The number of nitrogens with zero attached hydrogens (tertiary/aromatic N) is 4. The molecule has 1 aromatic carbocycles. The van der Waals surface area contributed by atoms with Crippen molar-refractivity contribution in [3.63, 3.8) is 0 Å². The third-order valence-electron chi connectivity index (χ3n) is 3.28. The van der Waals surface area contributed by atoms with Gasteiger partial charge in [0.25, 0.3) is 0 Å². The van der Waals surface area contributed by atoms with E-state index < -0.39 is 0 Å². The van der Waals surface area contributed by atoms with E-state index in [-0.39, 0.29) is 5.91 Å². The summed E-state index contributed by atoms with van der Waals surface area (Å²) in [5.74, 6) is 1.33. The van der Waals surface area contributed by atoms with E-state index in [4.69, 9.17) is 0 Å².